The molecule has 1 aromatic carbocycles. The third-order valence-electron chi connectivity index (χ3n) is 2.89. The summed E-state index contributed by atoms with van der Waals surface area (Å²) < 4.78 is 17.0. The van der Waals surface area contributed by atoms with Gasteiger partial charge in [-0.1, -0.05) is 15.9 Å². The summed E-state index contributed by atoms with van der Waals surface area (Å²) in [4.78, 5) is 14.6. The van der Waals surface area contributed by atoms with Crippen molar-refractivity contribution < 1.29 is 19.0 Å². The highest BCUT2D eigenvalue weighted by atomic mass is 79.9. The smallest absolute Gasteiger partial charge is 0.355 e. The zero-order chi connectivity index (χ0) is 13.9. The van der Waals surface area contributed by atoms with Crippen molar-refractivity contribution in [1.29, 1.82) is 0 Å². The van der Waals surface area contributed by atoms with E-state index in [0.717, 1.165) is 10.0 Å². The Morgan fingerprint density at radius 1 is 1.30 bits per heavy atom. The second-order valence-electron chi connectivity index (χ2n) is 4.25. The Balaban J connectivity index is 1.73. The van der Waals surface area contributed by atoms with Gasteiger partial charge in [0.2, 0.25) is 0 Å². The summed E-state index contributed by atoms with van der Waals surface area (Å²) in [5.41, 5.74) is 1.26. The van der Waals surface area contributed by atoms with Crippen molar-refractivity contribution in [3.05, 3.63) is 46.2 Å². The van der Waals surface area contributed by atoms with Crippen molar-refractivity contribution in [3.63, 3.8) is 0 Å². The molecule has 1 aliphatic rings. The SMILES string of the molecule is O=C(OCc1cc2c(cc1Br)OCCO2)c1ccc[nH]1. The molecule has 6 heteroatoms. The van der Waals surface area contributed by atoms with E-state index in [9.17, 15) is 4.79 Å². The summed E-state index contributed by atoms with van der Waals surface area (Å²) >= 11 is 3.44. The standard InChI is InChI=1S/C14H12BrNO4/c15-10-7-13-12(18-4-5-19-13)6-9(10)8-20-14(17)11-2-1-3-16-11/h1-3,6-7,16H,4-5,8H2. The van der Waals surface area contributed by atoms with Gasteiger partial charge in [0, 0.05) is 16.2 Å². The molecule has 2 aromatic rings. The second-order valence-corrected chi connectivity index (χ2v) is 5.10. The van der Waals surface area contributed by atoms with Crippen molar-refractivity contribution in [2.75, 3.05) is 13.2 Å². The fourth-order valence-electron chi connectivity index (χ4n) is 1.90. The first-order valence-corrected chi connectivity index (χ1v) is 6.92. The number of hydrogen-bond donors (Lipinski definition) is 1. The Kier molecular flexibility index (Phi) is 3.64. The maximum atomic E-state index is 11.8. The molecule has 104 valence electrons. The van der Waals surface area contributed by atoms with Gasteiger partial charge in [-0.25, -0.2) is 4.79 Å². The number of carbonyl (C=O) groups is 1. The zero-order valence-corrected chi connectivity index (χ0v) is 12.1. The Morgan fingerprint density at radius 3 is 2.75 bits per heavy atom. The van der Waals surface area contributed by atoms with Gasteiger partial charge < -0.3 is 19.2 Å². The van der Waals surface area contributed by atoms with Crippen molar-refractivity contribution in [1.82, 2.24) is 4.98 Å². The molecular weight excluding hydrogens is 326 g/mol. The Morgan fingerprint density at radius 2 is 2.05 bits per heavy atom. The molecule has 0 fully saturated rings. The minimum Gasteiger partial charge on any atom is -0.486 e. The molecular formula is C14H12BrNO4. The van der Waals surface area contributed by atoms with E-state index in [1.54, 1.807) is 18.3 Å². The molecule has 3 rings (SSSR count). The van der Waals surface area contributed by atoms with Gasteiger partial charge in [0.15, 0.2) is 11.5 Å². The van der Waals surface area contributed by atoms with Gasteiger partial charge in [0.1, 0.15) is 25.5 Å². The average Bonchev–Trinajstić information content (AvgIpc) is 2.99. The van der Waals surface area contributed by atoms with Gasteiger partial charge >= 0.3 is 5.97 Å². The Bertz CT molecular complexity index is 624. The van der Waals surface area contributed by atoms with Gasteiger partial charge in [-0.2, -0.15) is 0 Å². The summed E-state index contributed by atoms with van der Waals surface area (Å²) in [5.74, 6) is 0.977. The van der Waals surface area contributed by atoms with Gasteiger partial charge in [0.05, 0.1) is 0 Å². The van der Waals surface area contributed by atoms with Crippen molar-refractivity contribution in [2.24, 2.45) is 0 Å². The minimum atomic E-state index is -0.392. The molecule has 20 heavy (non-hydrogen) atoms. The number of nitrogens with one attached hydrogen (secondary N) is 1. The fraction of sp³-hybridized carbons (Fsp3) is 0.214. The van der Waals surface area contributed by atoms with Crippen LogP contribution in [0.25, 0.3) is 0 Å². The number of rotatable bonds is 3. The summed E-state index contributed by atoms with van der Waals surface area (Å²) in [6.45, 7) is 1.23. The van der Waals surface area contributed by atoms with Gasteiger partial charge in [-0.05, 0) is 24.3 Å². The molecule has 0 spiro atoms. The summed E-state index contributed by atoms with van der Waals surface area (Å²) in [5, 5.41) is 0. The highest BCUT2D eigenvalue weighted by Gasteiger charge is 2.16. The number of aromatic amines is 1. The number of esters is 1. The van der Waals surface area contributed by atoms with E-state index < -0.39 is 5.97 Å². The predicted octanol–water partition coefficient (Wildman–Crippen LogP) is 2.91. The summed E-state index contributed by atoms with van der Waals surface area (Å²) in [6.07, 6.45) is 1.68. The monoisotopic (exact) mass is 337 g/mol. The highest BCUT2D eigenvalue weighted by Crippen LogP contribution is 2.35. The summed E-state index contributed by atoms with van der Waals surface area (Å²) in [6, 6.07) is 7.06. The first kappa shape index (κ1) is 13.1. The molecule has 0 radical (unpaired) electrons. The number of halogens is 1. The van der Waals surface area contributed by atoms with E-state index in [1.807, 2.05) is 12.1 Å². The van der Waals surface area contributed by atoms with Gasteiger partial charge in [-0.15, -0.1) is 0 Å². The number of fused-ring (bicyclic) bond motifs is 1. The highest BCUT2D eigenvalue weighted by molar-refractivity contribution is 9.10. The van der Waals surface area contributed by atoms with Gasteiger partial charge in [-0.3, -0.25) is 0 Å². The molecule has 0 bridgehead atoms. The van der Waals surface area contributed by atoms with E-state index in [1.165, 1.54) is 0 Å². The lowest BCUT2D eigenvalue weighted by Crippen LogP contribution is -2.15. The molecule has 0 unspecified atom stereocenters. The molecule has 1 aliphatic heterocycles. The zero-order valence-electron chi connectivity index (χ0n) is 10.5. The van der Waals surface area contributed by atoms with Gasteiger partial charge in [0.25, 0.3) is 0 Å². The van der Waals surface area contributed by atoms with E-state index in [2.05, 4.69) is 20.9 Å². The van der Waals surface area contributed by atoms with Crippen LogP contribution in [0.3, 0.4) is 0 Å². The van der Waals surface area contributed by atoms with Crippen LogP contribution in [-0.4, -0.2) is 24.2 Å². The number of hydrogen-bond acceptors (Lipinski definition) is 4. The molecule has 0 amide bonds. The molecule has 1 N–H and O–H groups in total. The maximum absolute atomic E-state index is 11.8. The quantitative estimate of drug-likeness (QED) is 0.875. The van der Waals surface area contributed by atoms with Crippen LogP contribution >= 0.6 is 15.9 Å². The fourth-order valence-corrected chi connectivity index (χ4v) is 2.33. The van der Waals surface area contributed by atoms with E-state index >= 15 is 0 Å². The predicted molar refractivity (Wildman–Crippen MR) is 75.0 cm³/mol. The first-order chi connectivity index (χ1) is 9.74. The third-order valence-corrected chi connectivity index (χ3v) is 3.63. The normalized spacial score (nSPS) is 13.1. The van der Waals surface area contributed by atoms with Crippen LogP contribution in [0, 0.1) is 0 Å². The van der Waals surface area contributed by atoms with Crippen LogP contribution in [0.4, 0.5) is 0 Å². The van der Waals surface area contributed by atoms with Crippen molar-refractivity contribution >= 4 is 21.9 Å². The number of benzene rings is 1. The topological polar surface area (TPSA) is 60.6 Å². The van der Waals surface area contributed by atoms with E-state index in [-0.39, 0.29) is 6.61 Å². The number of ether oxygens (including phenoxy) is 3. The molecule has 0 saturated carbocycles. The number of aromatic nitrogens is 1. The lowest BCUT2D eigenvalue weighted by molar-refractivity contribution is 0.0465. The molecule has 0 atom stereocenters. The maximum Gasteiger partial charge on any atom is 0.355 e. The van der Waals surface area contributed by atoms with Crippen LogP contribution in [-0.2, 0) is 11.3 Å². The van der Waals surface area contributed by atoms with Crippen molar-refractivity contribution in [3.8, 4) is 11.5 Å². The molecule has 5 nitrogen and oxygen atoms in total. The van der Waals surface area contributed by atoms with Crippen LogP contribution in [0.15, 0.2) is 34.9 Å². The lowest BCUT2D eigenvalue weighted by atomic mass is 10.2. The third kappa shape index (κ3) is 2.65. The van der Waals surface area contributed by atoms with E-state index in [0.29, 0.717) is 30.4 Å². The van der Waals surface area contributed by atoms with Crippen LogP contribution < -0.4 is 9.47 Å². The number of H-pyrrole nitrogens is 1. The van der Waals surface area contributed by atoms with Crippen molar-refractivity contribution in [2.45, 2.75) is 6.61 Å². The Labute approximate surface area is 124 Å². The largest absolute Gasteiger partial charge is 0.486 e. The molecule has 1 aromatic heterocycles. The first-order valence-electron chi connectivity index (χ1n) is 6.12. The van der Waals surface area contributed by atoms with Crippen LogP contribution in [0.2, 0.25) is 0 Å². The second kappa shape index (κ2) is 5.58. The van der Waals surface area contributed by atoms with Crippen LogP contribution in [0.5, 0.6) is 11.5 Å². The average molecular weight is 338 g/mol. The van der Waals surface area contributed by atoms with E-state index in [4.69, 9.17) is 14.2 Å². The van der Waals surface area contributed by atoms with Crippen LogP contribution in [0.1, 0.15) is 16.1 Å². The lowest BCUT2D eigenvalue weighted by Gasteiger charge is -2.19. The Hall–Kier alpha value is -1.95. The molecule has 0 aliphatic carbocycles. The molecule has 2 heterocycles. The summed E-state index contributed by atoms with van der Waals surface area (Å²) in [7, 11) is 0. The number of carbonyl (C=O) groups excluding carboxylic acids is 1. The molecule has 0 saturated heterocycles. The minimum absolute atomic E-state index is 0.162.